The molecule has 0 bridgehead atoms. The highest BCUT2D eigenvalue weighted by Crippen LogP contribution is 2.23. The standard InChI is InChI=1S/C20H23ClN2O6S/c1-5-28-20(25)17-12-14(6-11-18(17)21)22-19(24)13(2)29-16-9-7-15(8-10-16)23(3)30(4,26)27/h6-13H,5H2,1-4H3,(H,22,24)/t13-/m1/s1. The Kier molecular flexibility index (Phi) is 7.69. The molecular formula is C20H23ClN2O6S. The van der Waals surface area contributed by atoms with Crippen molar-refractivity contribution < 1.29 is 27.5 Å². The fourth-order valence-corrected chi connectivity index (χ4v) is 3.10. The molecule has 162 valence electrons. The molecule has 0 spiro atoms. The van der Waals surface area contributed by atoms with Crippen LogP contribution < -0.4 is 14.4 Å². The molecule has 30 heavy (non-hydrogen) atoms. The predicted octanol–water partition coefficient (Wildman–Crippen LogP) is 3.32. The fourth-order valence-electron chi connectivity index (χ4n) is 2.40. The number of carbonyl (C=O) groups excluding carboxylic acids is 2. The molecule has 0 unspecified atom stereocenters. The maximum absolute atomic E-state index is 12.4. The summed E-state index contributed by atoms with van der Waals surface area (Å²) in [4.78, 5) is 24.4. The number of benzene rings is 2. The van der Waals surface area contributed by atoms with Crippen LogP contribution in [0.2, 0.25) is 5.02 Å². The van der Waals surface area contributed by atoms with Crippen molar-refractivity contribution in [1.82, 2.24) is 0 Å². The van der Waals surface area contributed by atoms with Gasteiger partial charge in [-0.25, -0.2) is 13.2 Å². The number of hydrogen-bond donors (Lipinski definition) is 1. The van der Waals surface area contributed by atoms with Crippen LogP contribution in [0.3, 0.4) is 0 Å². The van der Waals surface area contributed by atoms with Crippen LogP contribution in [0, 0.1) is 0 Å². The highest BCUT2D eigenvalue weighted by Gasteiger charge is 2.18. The van der Waals surface area contributed by atoms with Crippen LogP contribution in [0.4, 0.5) is 11.4 Å². The van der Waals surface area contributed by atoms with Crippen molar-refractivity contribution in [3.05, 3.63) is 53.1 Å². The van der Waals surface area contributed by atoms with Gasteiger partial charge in [0.15, 0.2) is 6.10 Å². The van der Waals surface area contributed by atoms with Crippen molar-refractivity contribution in [2.45, 2.75) is 20.0 Å². The molecule has 0 saturated carbocycles. The number of hydrogen-bond acceptors (Lipinski definition) is 6. The van der Waals surface area contributed by atoms with Crippen LogP contribution in [0.15, 0.2) is 42.5 Å². The number of nitrogens with one attached hydrogen (secondary N) is 1. The number of halogens is 1. The third-order valence-electron chi connectivity index (χ3n) is 4.11. The highest BCUT2D eigenvalue weighted by molar-refractivity contribution is 7.92. The van der Waals surface area contributed by atoms with Crippen molar-refractivity contribution >= 4 is 44.9 Å². The van der Waals surface area contributed by atoms with Gasteiger partial charge in [-0.1, -0.05) is 11.6 Å². The maximum atomic E-state index is 12.4. The lowest BCUT2D eigenvalue weighted by atomic mass is 10.2. The molecule has 0 heterocycles. The van der Waals surface area contributed by atoms with E-state index in [9.17, 15) is 18.0 Å². The lowest BCUT2D eigenvalue weighted by Crippen LogP contribution is -2.30. The number of nitrogens with zero attached hydrogens (tertiary/aromatic N) is 1. The number of amides is 1. The minimum absolute atomic E-state index is 0.149. The molecule has 0 aliphatic rings. The van der Waals surface area contributed by atoms with Crippen molar-refractivity contribution in [1.29, 1.82) is 0 Å². The summed E-state index contributed by atoms with van der Waals surface area (Å²) < 4.78 is 34.9. The average Bonchev–Trinajstić information content (AvgIpc) is 2.68. The minimum Gasteiger partial charge on any atom is -0.481 e. The first-order valence-corrected chi connectivity index (χ1v) is 11.2. The lowest BCUT2D eigenvalue weighted by molar-refractivity contribution is -0.122. The number of rotatable bonds is 8. The van der Waals surface area contributed by atoms with E-state index in [1.165, 1.54) is 19.2 Å². The van der Waals surface area contributed by atoms with E-state index in [2.05, 4.69) is 5.32 Å². The van der Waals surface area contributed by atoms with Gasteiger partial charge < -0.3 is 14.8 Å². The molecule has 1 amide bonds. The highest BCUT2D eigenvalue weighted by atomic mass is 35.5. The number of anilines is 2. The van der Waals surface area contributed by atoms with Gasteiger partial charge in [-0.2, -0.15) is 0 Å². The monoisotopic (exact) mass is 454 g/mol. The molecule has 2 aromatic rings. The Morgan fingerprint density at radius 3 is 2.37 bits per heavy atom. The number of sulfonamides is 1. The van der Waals surface area contributed by atoms with Gasteiger partial charge in [0.2, 0.25) is 10.0 Å². The van der Waals surface area contributed by atoms with E-state index in [0.29, 0.717) is 17.1 Å². The van der Waals surface area contributed by atoms with Gasteiger partial charge in [0.25, 0.3) is 5.91 Å². The zero-order valence-electron chi connectivity index (χ0n) is 17.0. The molecule has 0 fully saturated rings. The van der Waals surface area contributed by atoms with Gasteiger partial charge in [-0.3, -0.25) is 9.10 Å². The van der Waals surface area contributed by atoms with Crippen molar-refractivity contribution in [2.24, 2.45) is 0 Å². The summed E-state index contributed by atoms with van der Waals surface area (Å²) in [7, 11) is -1.93. The topological polar surface area (TPSA) is 102 Å². The average molecular weight is 455 g/mol. The third kappa shape index (κ3) is 6.11. The van der Waals surface area contributed by atoms with Gasteiger partial charge >= 0.3 is 5.97 Å². The predicted molar refractivity (Wildman–Crippen MR) is 116 cm³/mol. The summed E-state index contributed by atoms with van der Waals surface area (Å²) in [5.74, 6) is -0.627. The summed E-state index contributed by atoms with van der Waals surface area (Å²) in [6, 6.07) is 10.8. The summed E-state index contributed by atoms with van der Waals surface area (Å²) in [6.45, 7) is 3.45. The number of ether oxygens (including phenoxy) is 2. The van der Waals surface area contributed by atoms with Crippen LogP contribution in [0.1, 0.15) is 24.2 Å². The zero-order valence-corrected chi connectivity index (χ0v) is 18.6. The molecule has 0 aliphatic carbocycles. The van der Waals surface area contributed by atoms with Crippen LogP contribution in [-0.2, 0) is 19.6 Å². The zero-order chi connectivity index (χ0) is 22.5. The maximum Gasteiger partial charge on any atom is 0.339 e. The van der Waals surface area contributed by atoms with E-state index in [1.54, 1.807) is 44.2 Å². The minimum atomic E-state index is -3.37. The Labute approximate surface area is 180 Å². The van der Waals surface area contributed by atoms with Crippen molar-refractivity contribution in [3.63, 3.8) is 0 Å². The van der Waals surface area contributed by atoms with E-state index in [-0.39, 0.29) is 17.2 Å². The largest absolute Gasteiger partial charge is 0.481 e. The molecular weight excluding hydrogens is 432 g/mol. The van der Waals surface area contributed by atoms with Crippen LogP contribution >= 0.6 is 11.6 Å². The second-order valence-corrected chi connectivity index (χ2v) is 8.81. The van der Waals surface area contributed by atoms with Gasteiger partial charge in [0.1, 0.15) is 5.75 Å². The second-order valence-electron chi connectivity index (χ2n) is 6.39. The lowest BCUT2D eigenvalue weighted by Gasteiger charge is -2.18. The van der Waals surface area contributed by atoms with E-state index < -0.39 is 28.0 Å². The van der Waals surface area contributed by atoms with Gasteiger partial charge in [0, 0.05) is 12.7 Å². The van der Waals surface area contributed by atoms with Crippen molar-refractivity contribution in [2.75, 3.05) is 29.5 Å². The number of carbonyl (C=O) groups is 2. The Balaban J connectivity index is 2.05. The van der Waals surface area contributed by atoms with Crippen LogP contribution in [0.5, 0.6) is 5.75 Å². The summed E-state index contributed by atoms with van der Waals surface area (Å²) in [5, 5.41) is 2.88. The molecule has 0 aromatic heterocycles. The third-order valence-corrected chi connectivity index (χ3v) is 5.64. The summed E-state index contributed by atoms with van der Waals surface area (Å²) in [5.41, 5.74) is 0.984. The van der Waals surface area contributed by atoms with E-state index in [1.807, 2.05) is 0 Å². The second kappa shape index (κ2) is 9.82. The Morgan fingerprint density at radius 1 is 1.17 bits per heavy atom. The molecule has 1 N–H and O–H groups in total. The molecule has 1 atom stereocenters. The van der Waals surface area contributed by atoms with E-state index >= 15 is 0 Å². The number of esters is 1. The Hall–Kier alpha value is -2.78. The quantitative estimate of drug-likeness (QED) is 0.614. The SMILES string of the molecule is CCOC(=O)c1cc(NC(=O)[C@@H](C)Oc2ccc(N(C)S(C)(=O)=O)cc2)ccc1Cl. The summed E-state index contributed by atoms with van der Waals surface area (Å²) in [6.07, 6.45) is 0.249. The van der Waals surface area contributed by atoms with Crippen LogP contribution in [0.25, 0.3) is 0 Å². The molecule has 0 saturated heterocycles. The molecule has 0 aliphatic heterocycles. The van der Waals surface area contributed by atoms with E-state index in [0.717, 1.165) is 10.6 Å². The first-order valence-electron chi connectivity index (χ1n) is 9.01. The normalized spacial score (nSPS) is 12.0. The smallest absolute Gasteiger partial charge is 0.339 e. The first-order chi connectivity index (χ1) is 14.0. The first kappa shape index (κ1) is 23.5. The van der Waals surface area contributed by atoms with Crippen LogP contribution in [-0.4, -0.2) is 46.3 Å². The van der Waals surface area contributed by atoms with Gasteiger partial charge in [-0.05, 0) is 56.3 Å². The molecule has 0 radical (unpaired) electrons. The fraction of sp³-hybridized carbons (Fsp3) is 0.300. The van der Waals surface area contributed by atoms with Crippen molar-refractivity contribution in [3.8, 4) is 5.75 Å². The van der Waals surface area contributed by atoms with E-state index in [4.69, 9.17) is 21.1 Å². The molecule has 8 nitrogen and oxygen atoms in total. The summed E-state index contributed by atoms with van der Waals surface area (Å²) >= 11 is 6.02. The molecule has 2 rings (SSSR count). The van der Waals surface area contributed by atoms with Gasteiger partial charge in [0.05, 0.1) is 29.1 Å². The molecule has 2 aromatic carbocycles. The Bertz CT molecular complexity index is 1020. The van der Waals surface area contributed by atoms with Gasteiger partial charge in [-0.15, -0.1) is 0 Å². The molecule has 10 heteroatoms. The Morgan fingerprint density at radius 2 is 1.80 bits per heavy atom.